The minimum Gasteiger partial charge on any atom is -0.352 e. The summed E-state index contributed by atoms with van der Waals surface area (Å²) in [4.78, 5) is 38.2. The Kier molecular flexibility index (Phi) is 11.1. The Morgan fingerprint density at radius 1 is 1.09 bits per heavy atom. The first-order chi connectivity index (χ1) is 16.2. The summed E-state index contributed by atoms with van der Waals surface area (Å²) in [7, 11) is 0. The topological polar surface area (TPSA) is 92.6 Å². The molecule has 2 aromatic carbocycles. The number of carbonyl (C=O) groups excluding carboxylic acids is 2. The minimum atomic E-state index is -0.672. The van der Waals surface area contributed by atoms with Crippen molar-refractivity contribution >= 4 is 52.5 Å². The van der Waals surface area contributed by atoms with E-state index >= 15 is 0 Å². The van der Waals surface area contributed by atoms with Crippen molar-refractivity contribution in [2.45, 2.75) is 58.0 Å². The van der Waals surface area contributed by atoms with Gasteiger partial charge in [0.1, 0.15) is 6.04 Å². The summed E-state index contributed by atoms with van der Waals surface area (Å²) in [5, 5.41) is 14.7. The number of nitro groups is 1. The number of nitrogens with zero attached hydrogens (tertiary/aromatic N) is 2. The predicted molar refractivity (Wildman–Crippen MR) is 138 cm³/mol. The van der Waals surface area contributed by atoms with Gasteiger partial charge in [-0.1, -0.05) is 55.2 Å². The number of hydrogen-bond acceptors (Lipinski definition) is 5. The van der Waals surface area contributed by atoms with E-state index in [1.165, 1.54) is 28.8 Å². The maximum atomic E-state index is 13.3. The van der Waals surface area contributed by atoms with Gasteiger partial charge in [-0.2, -0.15) is 0 Å². The van der Waals surface area contributed by atoms with Crippen molar-refractivity contribution in [2.24, 2.45) is 0 Å². The van der Waals surface area contributed by atoms with Gasteiger partial charge in [0.05, 0.1) is 10.7 Å². The Hall–Kier alpha value is -2.29. The molecule has 0 aliphatic rings. The molecule has 7 nitrogen and oxygen atoms in total. The molecule has 0 radical (unpaired) electrons. The maximum Gasteiger partial charge on any atom is 0.269 e. The Morgan fingerprint density at radius 3 is 2.24 bits per heavy atom. The Balaban J connectivity index is 2.18. The molecule has 184 valence electrons. The van der Waals surface area contributed by atoms with Crippen LogP contribution in [-0.2, 0) is 21.9 Å². The average molecular weight is 526 g/mol. The zero-order chi connectivity index (χ0) is 25.3. The van der Waals surface area contributed by atoms with E-state index in [2.05, 4.69) is 5.32 Å². The van der Waals surface area contributed by atoms with Crippen LogP contribution in [0.2, 0.25) is 10.0 Å². The van der Waals surface area contributed by atoms with Crippen LogP contribution in [0, 0.1) is 10.1 Å². The molecule has 0 bridgehead atoms. The Bertz CT molecular complexity index is 984. The van der Waals surface area contributed by atoms with Crippen LogP contribution in [0.15, 0.2) is 42.5 Å². The second-order valence-electron chi connectivity index (χ2n) is 7.88. The first kappa shape index (κ1) is 28.0. The van der Waals surface area contributed by atoms with Gasteiger partial charge < -0.3 is 10.2 Å². The molecule has 1 N–H and O–H groups in total. The summed E-state index contributed by atoms with van der Waals surface area (Å²) in [6.07, 6.45) is 1.21. The number of non-ortho nitro benzene ring substituents is 1. The van der Waals surface area contributed by atoms with E-state index in [9.17, 15) is 19.7 Å². The molecule has 0 aliphatic carbocycles. The van der Waals surface area contributed by atoms with E-state index in [0.717, 1.165) is 12.0 Å². The zero-order valence-electron chi connectivity index (χ0n) is 19.4. The standard InChI is InChI=1S/C24H29Cl2N3O4S/c1-4-16(3)27-24(31)22(5-2)28(13-19-20(25)7-6-8-21(19)26)23(30)15-34-14-17-9-11-18(12-10-17)29(32)33/h6-12,16,22H,4-5,13-15H2,1-3H3,(H,27,31)/t16-,22+/m1/s1. The van der Waals surface area contributed by atoms with E-state index in [4.69, 9.17) is 23.2 Å². The van der Waals surface area contributed by atoms with Gasteiger partial charge in [-0.3, -0.25) is 19.7 Å². The molecule has 2 amide bonds. The molecular weight excluding hydrogens is 497 g/mol. The highest BCUT2D eigenvalue weighted by Crippen LogP contribution is 2.27. The van der Waals surface area contributed by atoms with Crippen molar-refractivity contribution in [3.63, 3.8) is 0 Å². The molecule has 34 heavy (non-hydrogen) atoms. The smallest absolute Gasteiger partial charge is 0.269 e. The molecule has 0 spiro atoms. The average Bonchev–Trinajstić information content (AvgIpc) is 2.80. The number of thioether (sulfide) groups is 1. The van der Waals surface area contributed by atoms with Crippen molar-refractivity contribution in [1.29, 1.82) is 0 Å². The van der Waals surface area contributed by atoms with Crippen LogP contribution < -0.4 is 5.32 Å². The summed E-state index contributed by atoms with van der Waals surface area (Å²) in [6.45, 7) is 5.87. The van der Waals surface area contributed by atoms with Crippen LogP contribution in [0.25, 0.3) is 0 Å². The summed E-state index contributed by atoms with van der Waals surface area (Å²) in [5.74, 6) is 0.203. The molecule has 0 saturated carbocycles. The van der Waals surface area contributed by atoms with E-state index in [-0.39, 0.29) is 35.8 Å². The molecule has 2 rings (SSSR count). The number of amides is 2. The molecule has 10 heteroatoms. The first-order valence-electron chi connectivity index (χ1n) is 11.0. The molecule has 0 fully saturated rings. The van der Waals surface area contributed by atoms with E-state index in [0.29, 0.717) is 27.8 Å². The normalized spacial score (nSPS) is 12.6. The number of nitro benzene ring substituents is 1. The van der Waals surface area contributed by atoms with Crippen LogP contribution in [0.4, 0.5) is 5.69 Å². The van der Waals surface area contributed by atoms with Crippen LogP contribution in [0.5, 0.6) is 0 Å². The lowest BCUT2D eigenvalue weighted by molar-refractivity contribution is -0.384. The van der Waals surface area contributed by atoms with Crippen molar-refractivity contribution < 1.29 is 14.5 Å². The van der Waals surface area contributed by atoms with Gasteiger partial charge in [-0.05, 0) is 37.5 Å². The van der Waals surface area contributed by atoms with E-state index in [1.807, 2.05) is 20.8 Å². The third kappa shape index (κ3) is 7.89. The second-order valence-corrected chi connectivity index (χ2v) is 9.68. The SMILES string of the molecule is CC[C@@H](C)NC(=O)[C@H](CC)N(Cc1c(Cl)cccc1Cl)C(=O)CSCc1ccc([N+](=O)[O-])cc1. The molecule has 0 aliphatic heterocycles. The Labute approximate surface area is 214 Å². The van der Waals surface area contributed by atoms with Crippen molar-refractivity contribution in [2.75, 3.05) is 5.75 Å². The maximum absolute atomic E-state index is 13.3. The van der Waals surface area contributed by atoms with Crippen LogP contribution in [0.3, 0.4) is 0 Å². The lowest BCUT2D eigenvalue weighted by Gasteiger charge is -2.32. The van der Waals surface area contributed by atoms with Gasteiger partial charge in [0.2, 0.25) is 11.8 Å². The predicted octanol–water partition coefficient (Wildman–Crippen LogP) is 5.86. The zero-order valence-corrected chi connectivity index (χ0v) is 21.8. The van der Waals surface area contributed by atoms with Gasteiger partial charge in [0.15, 0.2) is 0 Å². The summed E-state index contributed by atoms with van der Waals surface area (Å²) in [5.41, 5.74) is 1.48. The van der Waals surface area contributed by atoms with E-state index in [1.54, 1.807) is 30.3 Å². The number of halogens is 2. The highest BCUT2D eigenvalue weighted by atomic mass is 35.5. The number of carbonyl (C=O) groups is 2. The third-order valence-electron chi connectivity index (χ3n) is 5.42. The van der Waals surface area contributed by atoms with Crippen molar-refractivity contribution in [3.8, 4) is 0 Å². The fourth-order valence-electron chi connectivity index (χ4n) is 3.27. The number of rotatable bonds is 12. The lowest BCUT2D eigenvalue weighted by Crippen LogP contribution is -2.51. The fourth-order valence-corrected chi connectivity index (χ4v) is 4.65. The van der Waals surface area contributed by atoms with Gasteiger partial charge in [0, 0.05) is 46.1 Å². The highest BCUT2D eigenvalue weighted by Gasteiger charge is 2.30. The Morgan fingerprint density at radius 2 is 1.71 bits per heavy atom. The summed E-state index contributed by atoms with van der Waals surface area (Å²) >= 11 is 14.1. The van der Waals surface area contributed by atoms with Crippen LogP contribution >= 0.6 is 35.0 Å². The van der Waals surface area contributed by atoms with E-state index < -0.39 is 11.0 Å². The number of hydrogen-bond donors (Lipinski definition) is 1. The monoisotopic (exact) mass is 525 g/mol. The quantitative estimate of drug-likeness (QED) is 0.276. The molecule has 0 saturated heterocycles. The summed E-state index contributed by atoms with van der Waals surface area (Å²) in [6, 6.07) is 10.7. The highest BCUT2D eigenvalue weighted by molar-refractivity contribution is 7.99. The van der Waals surface area contributed by atoms with Gasteiger partial charge in [-0.15, -0.1) is 11.8 Å². The molecule has 0 aromatic heterocycles. The first-order valence-corrected chi connectivity index (χ1v) is 12.9. The molecule has 0 heterocycles. The minimum absolute atomic E-state index is 0.0149. The third-order valence-corrected chi connectivity index (χ3v) is 7.12. The van der Waals surface area contributed by atoms with Crippen molar-refractivity contribution in [1.82, 2.24) is 10.2 Å². The number of nitrogens with one attached hydrogen (secondary N) is 1. The van der Waals surface area contributed by atoms with Crippen LogP contribution in [-0.4, -0.2) is 39.5 Å². The molecule has 2 aromatic rings. The largest absolute Gasteiger partial charge is 0.352 e. The van der Waals surface area contributed by atoms with Crippen LogP contribution in [0.1, 0.15) is 44.7 Å². The second kappa shape index (κ2) is 13.6. The lowest BCUT2D eigenvalue weighted by atomic mass is 10.1. The fraction of sp³-hybridized carbons (Fsp3) is 0.417. The van der Waals surface area contributed by atoms with Gasteiger partial charge in [-0.25, -0.2) is 0 Å². The van der Waals surface area contributed by atoms with Gasteiger partial charge in [0.25, 0.3) is 5.69 Å². The molecule has 2 atom stereocenters. The van der Waals surface area contributed by atoms with Crippen molar-refractivity contribution in [3.05, 3.63) is 73.8 Å². The van der Waals surface area contributed by atoms with Gasteiger partial charge >= 0.3 is 0 Å². The summed E-state index contributed by atoms with van der Waals surface area (Å²) < 4.78 is 0. The molecular formula is C24H29Cl2N3O4S. The molecule has 0 unspecified atom stereocenters. The number of benzene rings is 2.